The number of alkyl halides is 1. The van der Waals surface area contributed by atoms with E-state index in [4.69, 9.17) is 32.7 Å². The Balaban J connectivity index is 2.22. The lowest BCUT2D eigenvalue weighted by atomic mass is 10.0. The van der Waals surface area contributed by atoms with E-state index in [9.17, 15) is 9.59 Å². The molecule has 1 N–H and O–H groups in total. The maximum atomic E-state index is 12.2. The molecule has 0 aliphatic rings. The van der Waals surface area contributed by atoms with E-state index in [1.807, 2.05) is 24.3 Å². The number of carbonyl (C=O) groups excluding carboxylic acids is 2. The Morgan fingerprint density at radius 3 is 2.46 bits per heavy atom. The Kier molecular flexibility index (Phi) is 8.61. The van der Waals surface area contributed by atoms with E-state index in [0.717, 1.165) is 11.3 Å². The van der Waals surface area contributed by atoms with Crippen molar-refractivity contribution in [3.63, 3.8) is 0 Å². The van der Waals surface area contributed by atoms with E-state index < -0.39 is 0 Å². The minimum absolute atomic E-state index is 0.0540. The summed E-state index contributed by atoms with van der Waals surface area (Å²) < 4.78 is 11.1. The molecule has 0 aromatic heterocycles. The van der Waals surface area contributed by atoms with Gasteiger partial charge >= 0.3 is 0 Å². The Labute approximate surface area is 174 Å². The number of hydrogen-bond donors (Lipinski definition) is 1. The van der Waals surface area contributed by atoms with Crippen molar-refractivity contribution in [1.29, 1.82) is 0 Å². The molecule has 0 atom stereocenters. The number of ketones is 1. The average molecular weight is 424 g/mol. The van der Waals surface area contributed by atoms with Gasteiger partial charge in [0.2, 0.25) is 5.91 Å². The molecule has 5 nitrogen and oxygen atoms in total. The zero-order valence-electron chi connectivity index (χ0n) is 15.9. The average Bonchev–Trinajstić information content (AvgIpc) is 2.67. The second kappa shape index (κ2) is 10.9. The molecule has 0 aliphatic carbocycles. The van der Waals surface area contributed by atoms with Crippen molar-refractivity contribution >= 4 is 40.6 Å². The normalized spacial score (nSPS) is 10.4. The molecule has 0 bridgehead atoms. The van der Waals surface area contributed by atoms with Gasteiger partial charge in [-0.15, -0.1) is 11.6 Å². The van der Waals surface area contributed by atoms with Crippen LogP contribution in [-0.4, -0.2) is 24.7 Å². The molecule has 0 unspecified atom stereocenters. The number of methoxy groups -OCH3 is 1. The number of nitrogens with one attached hydrogen (secondary N) is 1. The fourth-order valence-electron chi connectivity index (χ4n) is 2.60. The summed E-state index contributed by atoms with van der Waals surface area (Å²) >= 11 is 11.9. The zero-order valence-corrected chi connectivity index (χ0v) is 17.4. The second-order valence-electron chi connectivity index (χ2n) is 6.27. The van der Waals surface area contributed by atoms with Crippen molar-refractivity contribution in [1.82, 2.24) is 0 Å². The number of anilines is 1. The molecule has 0 radical (unpaired) electrons. The third kappa shape index (κ3) is 6.73. The number of Topliss-reactive ketones (excluding diaryl/α,β-unsaturated/α-hetero) is 1. The first kappa shape index (κ1) is 22.1. The van der Waals surface area contributed by atoms with Crippen LogP contribution in [0.2, 0.25) is 5.02 Å². The van der Waals surface area contributed by atoms with Gasteiger partial charge in [-0.3, -0.25) is 9.59 Å². The van der Waals surface area contributed by atoms with Gasteiger partial charge in [0.1, 0.15) is 23.9 Å². The van der Waals surface area contributed by atoms with Crippen molar-refractivity contribution in [3.8, 4) is 11.5 Å². The minimum atomic E-state index is -0.242. The summed E-state index contributed by atoms with van der Waals surface area (Å²) in [5.41, 5.74) is 2.05. The van der Waals surface area contributed by atoms with Crippen LogP contribution in [-0.2, 0) is 22.6 Å². The van der Waals surface area contributed by atoms with Crippen LogP contribution in [0.3, 0.4) is 0 Å². The van der Waals surface area contributed by atoms with Crippen LogP contribution in [0.25, 0.3) is 0 Å². The lowest BCUT2D eigenvalue weighted by molar-refractivity contribution is -0.118. The van der Waals surface area contributed by atoms with Gasteiger partial charge in [0, 0.05) is 37.3 Å². The Morgan fingerprint density at radius 2 is 1.86 bits per heavy atom. The number of ether oxygens (including phenoxy) is 2. The molecule has 2 rings (SSSR count). The minimum Gasteiger partial charge on any atom is -0.497 e. The van der Waals surface area contributed by atoms with E-state index in [0.29, 0.717) is 47.4 Å². The van der Waals surface area contributed by atoms with E-state index in [1.165, 1.54) is 6.92 Å². The van der Waals surface area contributed by atoms with Crippen LogP contribution in [0.4, 0.5) is 5.69 Å². The van der Waals surface area contributed by atoms with Crippen LogP contribution < -0.4 is 14.8 Å². The standard InChI is InChI=1S/C21H23Cl2NO4/c1-14(25)24-20-12-21(28-13-15-5-7-18(27-2)8-6-15)16(11-19(20)23)10-17(26)4-3-9-22/h5-8,11-12H,3-4,9-10,13H2,1-2H3,(H,24,25). The Hall–Kier alpha value is -2.24. The first-order valence-corrected chi connectivity index (χ1v) is 9.77. The molecule has 0 saturated carbocycles. The molecule has 150 valence electrons. The predicted molar refractivity (Wildman–Crippen MR) is 112 cm³/mol. The van der Waals surface area contributed by atoms with Crippen LogP contribution >= 0.6 is 23.2 Å². The quantitative estimate of drug-likeness (QED) is 0.545. The van der Waals surface area contributed by atoms with Crippen molar-refractivity contribution in [2.45, 2.75) is 32.8 Å². The lowest BCUT2D eigenvalue weighted by Gasteiger charge is -2.15. The number of halogens is 2. The number of rotatable bonds is 10. The van der Waals surface area contributed by atoms with E-state index in [2.05, 4.69) is 5.32 Å². The summed E-state index contributed by atoms with van der Waals surface area (Å²) in [4.78, 5) is 23.6. The summed E-state index contributed by atoms with van der Waals surface area (Å²) in [7, 11) is 1.61. The number of hydrogen-bond acceptors (Lipinski definition) is 4. The molecule has 0 heterocycles. The third-order valence-electron chi connectivity index (χ3n) is 3.99. The lowest BCUT2D eigenvalue weighted by Crippen LogP contribution is -2.09. The number of carbonyl (C=O) groups is 2. The van der Waals surface area contributed by atoms with Crippen molar-refractivity contribution in [2.24, 2.45) is 0 Å². The monoisotopic (exact) mass is 423 g/mol. The van der Waals surface area contributed by atoms with Gasteiger partial charge in [0.25, 0.3) is 0 Å². The van der Waals surface area contributed by atoms with Crippen LogP contribution in [0.5, 0.6) is 11.5 Å². The molecule has 0 aliphatic heterocycles. The van der Waals surface area contributed by atoms with Crippen molar-refractivity contribution in [2.75, 3.05) is 18.3 Å². The zero-order chi connectivity index (χ0) is 20.5. The summed E-state index contributed by atoms with van der Waals surface area (Å²) in [5, 5.41) is 3.03. The number of amides is 1. The van der Waals surface area contributed by atoms with E-state index >= 15 is 0 Å². The predicted octanol–water partition coefficient (Wildman–Crippen LogP) is 5.02. The van der Waals surface area contributed by atoms with Crippen LogP contribution in [0, 0.1) is 0 Å². The highest BCUT2D eigenvalue weighted by Gasteiger charge is 2.14. The molecule has 2 aromatic rings. The van der Waals surface area contributed by atoms with Gasteiger partial charge in [0.15, 0.2) is 0 Å². The maximum absolute atomic E-state index is 12.2. The molecular formula is C21H23Cl2NO4. The first-order valence-electron chi connectivity index (χ1n) is 8.86. The van der Waals surface area contributed by atoms with Crippen molar-refractivity contribution < 1.29 is 19.1 Å². The summed E-state index contributed by atoms with van der Waals surface area (Å²) in [6.07, 6.45) is 1.21. The highest BCUT2D eigenvalue weighted by atomic mass is 35.5. The van der Waals surface area contributed by atoms with Gasteiger partial charge in [-0.2, -0.15) is 0 Å². The SMILES string of the molecule is COc1ccc(COc2cc(NC(C)=O)c(Cl)cc2CC(=O)CCCCl)cc1. The smallest absolute Gasteiger partial charge is 0.221 e. The fraction of sp³-hybridized carbons (Fsp3) is 0.333. The van der Waals surface area contributed by atoms with Crippen LogP contribution in [0.1, 0.15) is 30.9 Å². The van der Waals surface area contributed by atoms with Gasteiger partial charge in [-0.1, -0.05) is 23.7 Å². The molecule has 28 heavy (non-hydrogen) atoms. The van der Waals surface area contributed by atoms with Gasteiger partial charge in [0.05, 0.1) is 17.8 Å². The third-order valence-corrected chi connectivity index (χ3v) is 4.57. The molecule has 0 spiro atoms. The Morgan fingerprint density at radius 1 is 1.14 bits per heavy atom. The topological polar surface area (TPSA) is 64.6 Å². The second-order valence-corrected chi connectivity index (χ2v) is 7.05. The van der Waals surface area contributed by atoms with Gasteiger partial charge in [-0.25, -0.2) is 0 Å². The van der Waals surface area contributed by atoms with E-state index in [-0.39, 0.29) is 18.1 Å². The molecule has 1 amide bonds. The molecule has 2 aromatic carbocycles. The van der Waals surface area contributed by atoms with Gasteiger partial charge in [-0.05, 0) is 30.2 Å². The van der Waals surface area contributed by atoms with E-state index in [1.54, 1.807) is 19.2 Å². The molecule has 7 heteroatoms. The Bertz CT molecular complexity index is 822. The molecular weight excluding hydrogens is 401 g/mol. The number of benzene rings is 2. The van der Waals surface area contributed by atoms with Gasteiger partial charge < -0.3 is 14.8 Å². The molecule has 0 fully saturated rings. The van der Waals surface area contributed by atoms with Crippen LogP contribution in [0.15, 0.2) is 36.4 Å². The first-order chi connectivity index (χ1) is 13.4. The van der Waals surface area contributed by atoms with Crippen molar-refractivity contribution in [3.05, 3.63) is 52.5 Å². The highest BCUT2D eigenvalue weighted by Crippen LogP contribution is 2.32. The highest BCUT2D eigenvalue weighted by molar-refractivity contribution is 6.33. The summed E-state index contributed by atoms with van der Waals surface area (Å²) in [6.45, 7) is 1.70. The molecule has 0 saturated heterocycles. The summed E-state index contributed by atoms with van der Waals surface area (Å²) in [5.74, 6) is 1.51. The summed E-state index contributed by atoms with van der Waals surface area (Å²) in [6, 6.07) is 10.8. The maximum Gasteiger partial charge on any atom is 0.221 e. The largest absolute Gasteiger partial charge is 0.497 e. The fourth-order valence-corrected chi connectivity index (χ4v) is 2.97.